The number of ether oxygens (including phenoxy) is 1. The summed E-state index contributed by atoms with van der Waals surface area (Å²) in [6.45, 7) is 4.51. The van der Waals surface area contributed by atoms with Crippen LogP contribution < -0.4 is 10.1 Å². The van der Waals surface area contributed by atoms with E-state index in [1.54, 1.807) is 24.3 Å². The van der Waals surface area contributed by atoms with Gasteiger partial charge in [0.1, 0.15) is 12.4 Å². The topological polar surface area (TPSA) is 38.3 Å². The monoisotopic (exact) mass is 393 g/mol. The molecule has 0 saturated heterocycles. The molecule has 0 radical (unpaired) electrons. The van der Waals surface area contributed by atoms with Crippen LogP contribution in [-0.2, 0) is 6.61 Å². The Balaban J connectivity index is 1.61. The molecular formula is C24H24ClNO2. The van der Waals surface area contributed by atoms with Crippen molar-refractivity contribution in [2.24, 2.45) is 0 Å². The van der Waals surface area contributed by atoms with Gasteiger partial charge in [-0.05, 0) is 49.2 Å². The Hall–Kier alpha value is -2.78. The van der Waals surface area contributed by atoms with Crippen LogP contribution in [0.3, 0.4) is 0 Å². The molecule has 0 aliphatic rings. The third-order valence-corrected chi connectivity index (χ3v) is 5.03. The van der Waals surface area contributed by atoms with Gasteiger partial charge in [0.2, 0.25) is 0 Å². The lowest BCUT2D eigenvalue weighted by atomic mass is 10.0. The van der Waals surface area contributed by atoms with E-state index in [1.165, 1.54) is 5.56 Å². The normalized spacial score (nSPS) is 11.7. The van der Waals surface area contributed by atoms with Crippen LogP contribution in [0, 0.1) is 6.92 Å². The predicted molar refractivity (Wildman–Crippen MR) is 114 cm³/mol. The van der Waals surface area contributed by atoms with Crippen LogP contribution in [0.2, 0.25) is 5.02 Å². The Kier molecular flexibility index (Phi) is 6.72. The molecule has 3 rings (SSSR count). The van der Waals surface area contributed by atoms with Gasteiger partial charge in [0.05, 0.1) is 6.04 Å². The number of carbonyl (C=O) groups is 1. The summed E-state index contributed by atoms with van der Waals surface area (Å²) < 4.78 is 5.77. The summed E-state index contributed by atoms with van der Waals surface area (Å²) in [5, 5.41) is 3.79. The van der Waals surface area contributed by atoms with Gasteiger partial charge in [0, 0.05) is 16.1 Å². The smallest absolute Gasteiger partial charge is 0.251 e. The van der Waals surface area contributed by atoms with E-state index in [-0.39, 0.29) is 11.9 Å². The van der Waals surface area contributed by atoms with Gasteiger partial charge in [-0.3, -0.25) is 4.79 Å². The molecule has 0 heterocycles. The standard InChI is InChI=1S/C24H24ClNO2/c1-3-23(18-10-8-17(2)9-11-18)26-24(27)19-12-14-21(15-13-19)28-16-20-6-4-5-7-22(20)25/h4-15,23H,3,16H2,1-2H3,(H,26,27)/t23-/m1/s1. The number of benzene rings is 3. The summed E-state index contributed by atoms with van der Waals surface area (Å²) in [5.74, 6) is 0.604. The zero-order chi connectivity index (χ0) is 19.9. The van der Waals surface area contributed by atoms with Crippen LogP contribution >= 0.6 is 11.6 Å². The molecule has 1 amide bonds. The lowest BCUT2D eigenvalue weighted by molar-refractivity contribution is 0.0935. The zero-order valence-electron chi connectivity index (χ0n) is 16.1. The first-order valence-corrected chi connectivity index (χ1v) is 9.78. The molecule has 0 aliphatic carbocycles. The Labute approximate surface area is 171 Å². The highest BCUT2D eigenvalue weighted by molar-refractivity contribution is 6.31. The van der Waals surface area contributed by atoms with Gasteiger partial charge in [-0.1, -0.05) is 66.6 Å². The number of hydrogen-bond donors (Lipinski definition) is 1. The molecule has 144 valence electrons. The summed E-state index contributed by atoms with van der Waals surface area (Å²) in [7, 11) is 0. The van der Waals surface area contributed by atoms with Crippen molar-refractivity contribution in [2.75, 3.05) is 0 Å². The van der Waals surface area contributed by atoms with E-state index >= 15 is 0 Å². The minimum Gasteiger partial charge on any atom is -0.489 e. The van der Waals surface area contributed by atoms with Crippen molar-refractivity contribution < 1.29 is 9.53 Å². The maximum Gasteiger partial charge on any atom is 0.251 e. The van der Waals surface area contributed by atoms with Crippen LogP contribution in [-0.4, -0.2) is 5.91 Å². The molecule has 0 saturated carbocycles. The van der Waals surface area contributed by atoms with Crippen molar-refractivity contribution >= 4 is 17.5 Å². The summed E-state index contributed by atoms with van der Waals surface area (Å²) in [6, 6.07) is 23.0. The number of hydrogen-bond acceptors (Lipinski definition) is 2. The highest BCUT2D eigenvalue weighted by Crippen LogP contribution is 2.21. The maximum absolute atomic E-state index is 12.6. The first-order valence-electron chi connectivity index (χ1n) is 9.40. The molecule has 1 N–H and O–H groups in total. The zero-order valence-corrected chi connectivity index (χ0v) is 16.9. The van der Waals surface area contributed by atoms with Gasteiger partial charge in [0.25, 0.3) is 5.91 Å². The van der Waals surface area contributed by atoms with E-state index < -0.39 is 0 Å². The minimum absolute atomic E-state index is 0.00995. The first-order chi connectivity index (χ1) is 13.6. The number of halogens is 1. The SMILES string of the molecule is CC[C@@H](NC(=O)c1ccc(OCc2ccccc2Cl)cc1)c1ccc(C)cc1. The first kappa shape index (κ1) is 20.0. The second-order valence-corrected chi connectivity index (χ2v) is 7.16. The van der Waals surface area contributed by atoms with Crippen molar-refractivity contribution in [1.29, 1.82) is 0 Å². The van der Waals surface area contributed by atoms with Gasteiger partial charge in [0.15, 0.2) is 0 Å². The lowest BCUT2D eigenvalue weighted by Crippen LogP contribution is -2.28. The molecule has 3 aromatic rings. The van der Waals surface area contributed by atoms with Gasteiger partial charge in [-0.25, -0.2) is 0 Å². The van der Waals surface area contributed by atoms with E-state index in [4.69, 9.17) is 16.3 Å². The predicted octanol–water partition coefficient (Wildman–Crippen LogP) is 6.11. The van der Waals surface area contributed by atoms with Crippen LogP contribution in [0.5, 0.6) is 5.75 Å². The van der Waals surface area contributed by atoms with Crippen molar-refractivity contribution in [2.45, 2.75) is 32.9 Å². The van der Waals surface area contributed by atoms with E-state index in [1.807, 2.05) is 24.3 Å². The van der Waals surface area contributed by atoms with Crippen LogP contribution in [0.25, 0.3) is 0 Å². The largest absolute Gasteiger partial charge is 0.489 e. The van der Waals surface area contributed by atoms with Gasteiger partial charge in [-0.2, -0.15) is 0 Å². The number of carbonyl (C=O) groups excluding carboxylic acids is 1. The molecule has 28 heavy (non-hydrogen) atoms. The van der Waals surface area contributed by atoms with Crippen LogP contribution in [0.1, 0.15) is 46.4 Å². The van der Waals surface area contributed by atoms with Crippen molar-refractivity contribution in [3.8, 4) is 5.75 Å². The maximum atomic E-state index is 12.6. The van der Waals surface area contributed by atoms with Gasteiger partial charge < -0.3 is 10.1 Å². The minimum atomic E-state index is -0.0925. The molecule has 0 unspecified atom stereocenters. The fraction of sp³-hybridized carbons (Fsp3) is 0.208. The molecule has 0 aromatic heterocycles. The fourth-order valence-electron chi connectivity index (χ4n) is 2.94. The van der Waals surface area contributed by atoms with E-state index in [9.17, 15) is 4.79 Å². The Bertz CT molecular complexity index is 920. The van der Waals surface area contributed by atoms with E-state index in [2.05, 4.69) is 43.4 Å². The Morgan fingerprint density at radius 1 is 1.00 bits per heavy atom. The van der Waals surface area contributed by atoms with Gasteiger partial charge >= 0.3 is 0 Å². The third kappa shape index (κ3) is 5.14. The Morgan fingerprint density at radius 2 is 1.68 bits per heavy atom. The highest BCUT2D eigenvalue weighted by atomic mass is 35.5. The summed E-state index contributed by atoms with van der Waals surface area (Å²) in [5.41, 5.74) is 3.85. The van der Waals surface area contributed by atoms with Crippen molar-refractivity contribution in [3.05, 3.63) is 100 Å². The summed E-state index contributed by atoms with van der Waals surface area (Å²) in [4.78, 5) is 12.6. The average Bonchev–Trinajstić information content (AvgIpc) is 2.72. The molecule has 0 aliphatic heterocycles. The van der Waals surface area contributed by atoms with E-state index in [0.29, 0.717) is 22.9 Å². The molecule has 0 fully saturated rings. The number of nitrogens with one attached hydrogen (secondary N) is 1. The van der Waals surface area contributed by atoms with Crippen LogP contribution in [0.4, 0.5) is 0 Å². The number of rotatable bonds is 7. The molecule has 0 bridgehead atoms. The number of amides is 1. The quantitative estimate of drug-likeness (QED) is 0.526. The molecule has 3 aromatic carbocycles. The van der Waals surface area contributed by atoms with Crippen LogP contribution in [0.15, 0.2) is 72.8 Å². The highest BCUT2D eigenvalue weighted by Gasteiger charge is 2.14. The molecule has 1 atom stereocenters. The molecule has 4 heteroatoms. The second-order valence-electron chi connectivity index (χ2n) is 6.75. The third-order valence-electron chi connectivity index (χ3n) is 4.66. The molecule has 3 nitrogen and oxygen atoms in total. The summed E-state index contributed by atoms with van der Waals surface area (Å²) in [6.07, 6.45) is 0.827. The van der Waals surface area contributed by atoms with E-state index in [0.717, 1.165) is 17.5 Å². The van der Waals surface area contributed by atoms with Crippen molar-refractivity contribution in [3.63, 3.8) is 0 Å². The molecular weight excluding hydrogens is 370 g/mol. The lowest BCUT2D eigenvalue weighted by Gasteiger charge is -2.18. The number of aryl methyl sites for hydroxylation is 1. The molecule has 0 spiro atoms. The fourth-order valence-corrected chi connectivity index (χ4v) is 3.13. The average molecular weight is 394 g/mol. The van der Waals surface area contributed by atoms with Crippen molar-refractivity contribution in [1.82, 2.24) is 5.32 Å². The Morgan fingerprint density at radius 3 is 2.32 bits per heavy atom. The second kappa shape index (κ2) is 9.43. The summed E-state index contributed by atoms with van der Waals surface area (Å²) >= 11 is 6.15. The van der Waals surface area contributed by atoms with Gasteiger partial charge in [-0.15, -0.1) is 0 Å².